The van der Waals surface area contributed by atoms with E-state index in [4.69, 9.17) is 4.74 Å². The fourth-order valence-electron chi connectivity index (χ4n) is 2.12. The van der Waals surface area contributed by atoms with Gasteiger partial charge in [-0.3, -0.25) is 5.43 Å². The van der Waals surface area contributed by atoms with Crippen molar-refractivity contribution in [2.75, 3.05) is 12.9 Å². The Kier molecular flexibility index (Phi) is 4.45. The first-order chi connectivity index (χ1) is 9.43. The highest BCUT2D eigenvalue weighted by Gasteiger charge is 2.29. The third kappa shape index (κ3) is 3.19. The summed E-state index contributed by atoms with van der Waals surface area (Å²) in [5.41, 5.74) is 4.79. The molecule has 6 heteroatoms. The molecule has 0 bridgehead atoms. The van der Waals surface area contributed by atoms with E-state index in [0.717, 1.165) is 17.7 Å². The van der Waals surface area contributed by atoms with Crippen LogP contribution in [0.1, 0.15) is 25.8 Å². The molecule has 1 aromatic carbocycles. The Labute approximate surface area is 119 Å². The number of benzene rings is 1. The van der Waals surface area contributed by atoms with Gasteiger partial charge < -0.3 is 4.74 Å². The molecular formula is C14H20N2O3S. The second kappa shape index (κ2) is 5.93. The van der Waals surface area contributed by atoms with Crippen molar-refractivity contribution >= 4 is 15.5 Å². The summed E-state index contributed by atoms with van der Waals surface area (Å²) in [6.45, 7) is 4.80. The predicted octanol–water partition coefficient (Wildman–Crippen LogP) is 1.79. The average molecular weight is 296 g/mol. The molecule has 0 aromatic heterocycles. The molecule has 0 amide bonds. The van der Waals surface area contributed by atoms with E-state index in [1.807, 2.05) is 6.92 Å². The van der Waals surface area contributed by atoms with Gasteiger partial charge in [0.15, 0.2) is 16.1 Å². The molecule has 0 spiro atoms. The van der Waals surface area contributed by atoms with Gasteiger partial charge in [0.25, 0.3) is 0 Å². The van der Waals surface area contributed by atoms with E-state index in [0.29, 0.717) is 11.5 Å². The minimum atomic E-state index is -3.16. The number of sulfone groups is 1. The third-order valence-corrected chi connectivity index (χ3v) is 4.41. The van der Waals surface area contributed by atoms with E-state index in [9.17, 15) is 8.42 Å². The Hall–Kier alpha value is -1.40. The van der Waals surface area contributed by atoms with Crippen LogP contribution in [0.5, 0.6) is 0 Å². The molecule has 1 aliphatic heterocycles. The van der Waals surface area contributed by atoms with Gasteiger partial charge in [-0.25, -0.2) is 8.42 Å². The molecule has 0 radical (unpaired) electrons. The fraction of sp³-hybridized carbons (Fsp3) is 0.500. The van der Waals surface area contributed by atoms with Crippen molar-refractivity contribution in [2.24, 2.45) is 11.0 Å². The summed E-state index contributed by atoms with van der Waals surface area (Å²) >= 11 is 0. The lowest BCUT2D eigenvalue weighted by atomic mass is 9.98. The fourth-order valence-corrected chi connectivity index (χ4v) is 2.75. The van der Waals surface area contributed by atoms with Gasteiger partial charge in [-0.05, 0) is 24.1 Å². The van der Waals surface area contributed by atoms with Crippen LogP contribution < -0.4 is 5.43 Å². The number of nitrogens with zero attached hydrogens (tertiary/aromatic N) is 1. The van der Waals surface area contributed by atoms with Crippen molar-refractivity contribution in [2.45, 2.75) is 31.4 Å². The van der Waals surface area contributed by atoms with Crippen LogP contribution in [0, 0.1) is 5.92 Å². The van der Waals surface area contributed by atoms with Crippen LogP contribution in [-0.2, 0) is 14.6 Å². The first kappa shape index (κ1) is 15.0. The molecule has 2 rings (SSSR count). The first-order valence-electron chi connectivity index (χ1n) is 6.68. The summed E-state index contributed by atoms with van der Waals surface area (Å²) in [4.78, 5) is 0.319. The van der Waals surface area contributed by atoms with Crippen LogP contribution in [0.4, 0.5) is 0 Å². The molecular weight excluding hydrogens is 276 g/mol. The summed E-state index contributed by atoms with van der Waals surface area (Å²) in [5.74, 6) is 0.130. The quantitative estimate of drug-likeness (QED) is 0.899. The van der Waals surface area contributed by atoms with E-state index in [1.54, 1.807) is 24.3 Å². The Morgan fingerprint density at radius 3 is 2.50 bits per heavy atom. The number of hydrogen-bond acceptors (Lipinski definition) is 5. The molecule has 1 aromatic rings. The summed E-state index contributed by atoms with van der Waals surface area (Å²) in [6.07, 6.45) is 2.05. The van der Waals surface area contributed by atoms with Gasteiger partial charge in [0.05, 0.1) is 10.6 Å². The normalized spacial score (nSPS) is 22.4. The van der Waals surface area contributed by atoms with E-state index in [-0.39, 0.29) is 12.1 Å². The molecule has 0 fully saturated rings. The molecule has 1 heterocycles. The number of hydrazone groups is 1. The molecule has 110 valence electrons. The molecule has 5 nitrogen and oxygen atoms in total. The highest BCUT2D eigenvalue weighted by atomic mass is 32.2. The Morgan fingerprint density at radius 2 is 1.95 bits per heavy atom. The lowest BCUT2D eigenvalue weighted by molar-refractivity contribution is 0.0209. The minimum absolute atomic E-state index is 0.112. The van der Waals surface area contributed by atoms with Crippen molar-refractivity contribution in [1.29, 1.82) is 0 Å². The Morgan fingerprint density at radius 1 is 1.30 bits per heavy atom. The van der Waals surface area contributed by atoms with E-state index < -0.39 is 9.84 Å². The molecule has 20 heavy (non-hydrogen) atoms. The number of ether oxygens (including phenoxy) is 1. The standard InChI is InChI=1S/C14H20N2O3S/c1-4-9-19-14-10(2)13(15-16-14)11-5-7-12(8-6-11)20(3,17)18/h5-8,10,14,16H,4,9H2,1-3H3. The lowest BCUT2D eigenvalue weighted by Gasteiger charge is -2.17. The van der Waals surface area contributed by atoms with Crippen molar-refractivity contribution < 1.29 is 13.2 Å². The van der Waals surface area contributed by atoms with Crippen molar-refractivity contribution in [3.8, 4) is 0 Å². The van der Waals surface area contributed by atoms with E-state index in [2.05, 4.69) is 17.5 Å². The average Bonchev–Trinajstić information content (AvgIpc) is 2.77. The maximum atomic E-state index is 11.4. The number of hydrogen-bond donors (Lipinski definition) is 1. The number of rotatable bonds is 5. The maximum absolute atomic E-state index is 11.4. The second-order valence-corrected chi connectivity index (χ2v) is 7.02. The van der Waals surface area contributed by atoms with Gasteiger partial charge in [-0.1, -0.05) is 26.0 Å². The SMILES string of the molecule is CCCOC1NN=C(c2ccc(S(C)(=O)=O)cc2)C1C. The van der Waals surface area contributed by atoms with Gasteiger partial charge in [-0.15, -0.1) is 0 Å². The molecule has 1 N–H and O–H groups in total. The zero-order valence-electron chi connectivity index (χ0n) is 12.0. The minimum Gasteiger partial charge on any atom is -0.356 e. The molecule has 2 unspecified atom stereocenters. The summed E-state index contributed by atoms with van der Waals surface area (Å²) in [5, 5.41) is 4.31. The Balaban J connectivity index is 2.13. The molecule has 2 atom stereocenters. The van der Waals surface area contributed by atoms with Crippen LogP contribution in [0.25, 0.3) is 0 Å². The second-order valence-electron chi connectivity index (χ2n) is 5.00. The smallest absolute Gasteiger partial charge is 0.175 e. The van der Waals surface area contributed by atoms with Gasteiger partial charge in [0.1, 0.15) is 0 Å². The Bertz CT molecular complexity index is 593. The van der Waals surface area contributed by atoms with E-state index in [1.165, 1.54) is 6.26 Å². The van der Waals surface area contributed by atoms with Crippen LogP contribution in [0.3, 0.4) is 0 Å². The zero-order chi connectivity index (χ0) is 14.8. The van der Waals surface area contributed by atoms with Crippen LogP contribution >= 0.6 is 0 Å². The molecule has 0 saturated carbocycles. The molecule has 0 saturated heterocycles. The molecule has 0 aliphatic carbocycles. The summed E-state index contributed by atoms with van der Waals surface area (Å²) in [6, 6.07) is 6.80. The maximum Gasteiger partial charge on any atom is 0.175 e. The zero-order valence-corrected chi connectivity index (χ0v) is 12.8. The van der Waals surface area contributed by atoms with E-state index >= 15 is 0 Å². The van der Waals surface area contributed by atoms with Crippen LogP contribution in [-0.4, -0.2) is 33.2 Å². The molecule has 1 aliphatic rings. The third-order valence-electron chi connectivity index (χ3n) is 3.28. The highest BCUT2D eigenvalue weighted by molar-refractivity contribution is 7.90. The largest absolute Gasteiger partial charge is 0.356 e. The summed E-state index contributed by atoms with van der Waals surface area (Å²) < 4.78 is 28.5. The van der Waals surface area contributed by atoms with Crippen LogP contribution in [0.15, 0.2) is 34.3 Å². The van der Waals surface area contributed by atoms with Crippen molar-refractivity contribution in [3.63, 3.8) is 0 Å². The van der Waals surface area contributed by atoms with Gasteiger partial charge in [0.2, 0.25) is 0 Å². The predicted molar refractivity (Wildman–Crippen MR) is 78.4 cm³/mol. The topological polar surface area (TPSA) is 67.8 Å². The number of nitrogens with one attached hydrogen (secondary N) is 1. The van der Waals surface area contributed by atoms with Crippen molar-refractivity contribution in [3.05, 3.63) is 29.8 Å². The van der Waals surface area contributed by atoms with Gasteiger partial charge >= 0.3 is 0 Å². The van der Waals surface area contributed by atoms with Gasteiger partial charge in [-0.2, -0.15) is 5.10 Å². The first-order valence-corrected chi connectivity index (χ1v) is 8.58. The summed E-state index contributed by atoms with van der Waals surface area (Å²) in [7, 11) is -3.16. The van der Waals surface area contributed by atoms with Gasteiger partial charge in [0, 0.05) is 18.8 Å². The van der Waals surface area contributed by atoms with Crippen LogP contribution in [0.2, 0.25) is 0 Å². The monoisotopic (exact) mass is 296 g/mol. The lowest BCUT2D eigenvalue weighted by Crippen LogP contribution is -2.31. The van der Waals surface area contributed by atoms with Crippen molar-refractivity contribution in [1.82, 2.24) is 5.43 Å². The highest BCUT2D eigenvalue weighted by Crippen LogP contribution is 2.21.